The first-order chi connectivity index (χ1) is 14.1. The van der Waals surface area contributed by atoms with Crippen molar-refractivity contribution in [3.63, 3.8) is 0 Å². The molecule has 150 valence electrons. The Morgan fingerprint density at radius 3 is 2.62 bits per heavy atom. The summed E-state index contributed by atoms with van der Waals surface area (Å²) in [4.78, 5) is 31.2. The minimum Gasteiger partial charge on any atom is -0.497 e. The number of esters is 1. The molecule has 1 amide bonds. The van der Waals surface area contributed by atoms with Crippen LogP contribution in [0.15, 0.2) is 48.5 Å². The molecule has 1 aliphatic heterocycles. The lowest BCUT2D eigenvalue weighted by atomic mass is 10.1. The second-order valence-electron chi connectivity index (χ2n) is 7.14. The number of likely N-dealkylation sites (tertiary alicyclic amines) is 1. The average molecular weight is 393 g/mol. The Morgan fingerprint density at radius 1 is 1.14 bits per heavy atom. The van der Waals surface area contributed by atoms with Gasteiger partial charge in [-0.2, -0.15) is 0 Å². The first-order valence-electron chi connectivity index (χ1n) is 9.51. The second-order valence-corrected chi connectivity index (χ2v) is 7.14. The summed E-state index contributed by atoms with van der Waals surface area (Å²) in [5.74, 6) is 1.21. The van der Waals surface area contributed by atoms with Crippen LogP contribution in [0.25, 0.3) is 11.0 Å². The summed E-state index contributed by atoms with van der Waals surface area (Å²) in [6.07, 6.45) is 0.376. The van der Waals surface area contributed by atoms with Crippen molar-refractivity contribution in [1.29, 1.82) is 0 Å². The molecule has 0 spiro atoms. The SMILES string of the molecule is COC(=O)Cn1c(C2CC(=O)N(Cc3ccc(OC)cc3)C2)nc2ccccc21. The molecule has 0 saturated carbocycles. The van der Waals surface area contributed by atoms with E-state index in [1.807, 2.05) is 58.0 Å². The highest BCUT2D eigenvalue weighted by atomic mass is 16.5. The summed E-state index contributed by atoms with van der Waals surface area (Å²) in [6, 6.07) is 15.4. The molecule has 1 aromatic heterocycles. The summed E-state index contributed by atoms with van der Waals surface area (Å²) in [5.41, 5.74) is 2.73. The van der Waals surface area contributed by atoms with Crippen molar-refractivity contribution in [2.45, 2.75) is 25.4 Å². The van der Waals surface area contributed by atoms with E-state index in [4.69, 9.17) is 14.5 Å². The van der Waals surface area contributed by atoms with Gasteiger partial charge in [-0.1, -0.05) is 24.3 Å². The topological polar surface area (TPSA) is 73.7 Å². The minimum absolute atomic E-state index is 0.0715. The minimum atomic E-state index is -0.339. The third kappa shape index (κ3) is 3.81. The molecular formula is C22H23N3O4. The number of hydrogen-bond donors (Lipinski definition) is 0. The number of nitrogens with zero attached hydrogens (tertiary/aromatic N) is 3. The summed E-state index contributed by atoms with van der Waals surface area (Å²) in [5, 5.41) is 0. The summed E-state index contributed by atoms with van der Waals surface area (Å²) in [6.45, 7) is 1.18. The zero-order valence-corrected chi connectivity index (χ0v) is 16.5. The number of benzene rings is 2. The number of imidazole rings is 1. The maximum absolute atomic E-state index is 12.7. The second kappa shape index (κ2) is 7.95. The monoisotopic (exact) mass is 393 g/mol. The van der Waals surface area contributed by atoms with Crippen molar-refractivity contribution in [3.05, 3.63) is 59.9 Å². The summed E-state index contributed by atoms with van der Waals surface area (Å²) >= 11 is 0. The fraction of sp³-hybridized carbons (Fsp3) is 0.318. The number of fused-ring (bicyclic) bond motifs is 1. The number of carbonyl (C=O) groups excluding carboxylic acids is 2. The molecule has 7 nitrogen and oxygen atoms in total. The molecule has 1 fully saturated rings. The quantitative estimate of drug-likeness (QED) is 0.602. The first kappa shape index (κ1) is 19.0. The van der Waals surface area contributed by atoms with Crippen molar-refractivity contribution in [2.75, 3.05) is 20.8 Å². The molecular weight excluding hydrogens is 370 g/mol. The number of aromatic nitrogens is 2. The molecule has 1 atom stereocenters. The Labute approximate surface area is 168 Å². The smallest absolute Gasteiger partial charge is 0.325 e. The Hall–Kier alpha value is -3.35. The van der Waals surface area contributed by atoms with Gasteiger partial charge in [0.1, 0.15) is 18.1 Å². The Bertz CT molecular complexity index is 1040. The van der Waals surface area contributed by atoms with Crippen molar-refractivity contribution >= 4 is 22.9 Å². The van der Waals surface area contributed by atoms with E-state index >= 15 is 0 Å². The predicted octanol–water partition coefficient (Wildman–Crippen LogP) is 2.73. The third-order valence-electron chi connectivity index (χ3n) is 5.31. The first-order valence-corrected chi connectivity index (χ1v) is 9.51. The molecule has 2 heterocycles. The lowest BCUT2D eigenvalue weighted by Crippen LogP contribution is -2.24. The average Bonchev–Trinajstić information content (AvgIpc) is 3.29. The van der Waals surface area contributed by atoms with Crippen LogP contribution in [-0.4, -0.2) is 47.1 Å². The molecule has 29 heavy (non-hydrogen) atoms. The van der Waals surface area contributed by atoms with Gasteiger partial charge in [0.05, 0.1) is 25.3 Å². The van der Waals surface area contributed by atoms with Gasteiger partial charge in [-0.25, -0.2) is 4.98 Å². The van der Waals surface area contributed by atoms with Gasteiger partial charge in [0.15, 0.2) is 0 Å². The van der Waals surface area contributed by atoms with E-state index in [1.165, 1.54) is 7.11 Å². The summed E-state index contributed by atoms with van der Waals surface area (Å²) in [7, 11) is 3.00. The van der Waals surface area contributed by atoms with Gasteiger partial charge in [0.25, 0.3) is 0 Å². The zero-order valence-electron chi connectivity index (χ0n) is 16.5. The highest BCUT2D eigenvalue weighted by Crippen LogP contribution is 2.31. The molecule has 2 aromatic carbocycles. The van der Waals surface area contributed by atoms with Crippen molar-refractivity contribution in [3.8, 4) is 5.75 Å². The van der Waals surface area contributed by atoms with E-state index in [0.717, 1.165) is 28.2 Å². The summed E-state index contributed by atoms with van der Waals surface area (Å²) < 4.78 is 11.9. The van der Waals surface area contributed by atoms with Crippen LogP contribution in [0.1, 0.15) is 23.7 Å². The molecule has 3 aromatic rings. The van der Waals surface area contributed by atoms with Gasteiger partial charge in [-0.05, 0) is 29.8 Å². The van der Waals surface area contributed by atoms with Crippen molar-refractivity contribution in [1.82, 2.24) is 14.5 Å². The van der Waals surface area contributed by atoms with E-state index < -0.39 is 0 Å². The van der Waals surface area contributed by atoms with E-state index in [9.17, 15) is 9.59 Å². The molecule has 0 aliphatic carbocycles. The van der Waals surface area contributed by atoms with Crippen LogP contribution in [0.5, 0.6) is 5.75 Å². The molecule has 1 aliphatic rings. The molecule has 4 rings (SSSR count). The van der Waals surface area contributed by atoms with E-state index in [-0.39, 0.29) is 24.3 Å². The highest BCUT2D eigenvalue weighted by molar-refractivity contribution is 5.82. The number of carbonyl (C=O) groups is 2. The molecule has 0 bridgehead atoms. The molecule has 0 radical (unpaired) electrons. The van der Waals surface area contributed by atoms with E-state index in [2.05, 4.69) is 0 Å². The van der Waals surface area contributed by atoms with E-state index in [1.54, 1.807) is 7.11 Å². The van der Waals surface area contributed by atoms with Gasteiger partial charge in [-0.3, -0.25) is 9.59 Å². The number of methoxy groups -OCH3 is 2. The third-order valence-corrected chi connectivity index (χ3v) is 5.31. The number of rotatable bonds is 6. The van der Waals surface area contributed by atoms with Crippen LogP contribution in [0.3, 0.4) is 0 Å². The lowest BCUT2D eigenvalue weighted by Gasteiger charge is -2.17. The molecule has 1 unspecified atom stereocenters. The van der Waals surface area contributed by atoms with Crippen LogP contribution < -0.4 is 4.74 Å². The van der Waals surface area contributed by atoms with Gasteiger partial charge in [0, 0.05) is 25.4 Å². The van der Waals surface area contributed by atoms with Crippen LogP contribution in [-0.2, 0) is 27.4 Å². The normalized spacial score (nSPS) is 16.4. The number of amides is 1. The van der Waals surface area contributed by atoms with Crippen LogP contribution >= 0.6 is 0 Å². The maximum Gasteiger partial charge on any atom is 0.325 e. The van der Waals surface area contributed by atoms with Crippen LogP contribution in [0, 0.1) is 0 Å². The standard InChI is InChI=1S/C22H23N3O4/c1-28-17-9-7-15(8-10-17)12-24-13-16(11-20(24)26)22-23-18-5-3-4-6-19(18)25(22)14-21(27)29-2/h3-10,16H,11-14H2,1-2H3. The Morgan fingerprint density at radius 2 is 1.90 bits per heavy atom. The van der Waals surface area contributed by atoms with Gasteiger partial charge in [0.2, 0.25) is 5.91 Å². The fourth-order valence-electron chi connectivity index (χ4n) is 3.81. The van der Waals surface area contributed by atoms with Gasteiger partial charge >= 0.3 is 5.97 Å². The van der Waals surface area contributed by atoms with Gasteiger partial charge in [-0.15, -0.1) is 0 Å². The van der Waals surface area contributed by atoms with Crippen molar-refractivity contribution < 1.29 is 19.1 Å². The molecule has 1 saturated heterocycles. The Kier molecular flexibility index (Phi) is 5.20. The Balaban J connectivity index is 1.58. The van der Waals surface area contributed by atoms with Crippen LogP contribution in [0.4, 0.5) is 0 Å². The largest absolute Gasteiger partial charge is 0.497 e. The van der Waals surface area contributed by atoms with Crippen molar-refractivity contribution in [2.24, 2.45) is 0 Å². The fourth-order valence-corrected chi connectivity index (χ4v) is 3.81. The van der Waals surface area contributed by atoms with Gasteiger partial charge < -0.3 is 18.9 Å². The number of hydrogen-bond acceptors (Lipinski definition) is 5. The van der Waals surface area contributed by atoms with Crippen LogP contribution in [0.2, 0.25) is 0 Å². The predicted molar refractivity (Wildman–Crippen MR) is 108 cm³/mol. The number of ether oxygens (including phenoxy) is 2. The zero-order chi connectivity index (χ0) is 20.4. The lowest BCUT2D eigenvalue weighted by molar-refractivity contribution is -0.141. The highest BCUT2D eigenvalue weighted by Gasteiger charge is 2.34. The van der Waals surface area contributed by atoms with E-state index in [0.29, 0.717) is 19.5 Å². The number of para-hydroxylation sites is 2. The molecule has 7 heteroatoms. The molecule has 0 N–H and O–H groups in total. The maximum atomic E-state index is 12.7.